The number of rotatable bonds is 85. The molecule has 0 unspecified atom stereocenters. The summed E-state index contributed by atoms with van der Waals surface area (Å²) in [4.78, 5) is 14.6. The van der Waals surface area contributed by atoms with E-state index in [1.54, 1.807) is 0 Å². The standard InChI is InChI=1S/C72H145N2O22.BrH/c1-4-6-8-10-11-12-13-14-15-16-17-18-19-20-21-23-31-76-32-33-77-34-35-78-36-37-79-38-39-80-40-41-81-42-43-82-44-45-83-46-47-84-48-49-85-50-51-86-52-53-87-54-55-88-56-57-89-58-59-90-60-61-91-62-63-92-64-65-93-66-67-94-68-69-95-70-71-96-72(75)24-25-73-26-29-74(3,30-27-73)28-22-9-7-5-2;/h4-71H2,1-3H3;1H/q+1;/p-1. The highest BCUT2D eigenvalue weighted by Crippen LogP contribution is 2.15. The zero-order valence-electron chi connectivity index (χ0n) is 61.8. The van der Waals surface area contributed by atoms with Crippen LogP contribution in [0.3, 0.4) is 0 Å². The first-order valence-electron chi connectivity index (χ1n) is 37.9. The monoisotopic (exact) mass is 1470 g/mol. The Labute approximate surface area is 599 Å². The summed E-state index contributed by atoms with van der Waals surface area (Å²) in [5, 5.41) is 0. The smallest absolute Gasteiger partial charge is 0.307 e. The van der Waals surface area contributed by atoms with Crippen LogP contribution in [0.25, 0.3) is 0 Å². The molecule has 97 heavy (non-hydrogen) atoms. The number of hydrogen-bond donors (Lipinski definition) is 0. The van der Waals surface area contributed by atoms with Gasteiger partial charge in [0, 0.05) is 26.2 Å². The summed E-state index contributed by atoms with van der Waals surface area (Å²) in [7, 11) is 2.37. The van der Waals surface area contributed by atoms with Crippen molar-refractivity contribution in [2.45, 2.75) is 149 Å². The Kier molecular flexibility index (Phi) is 83.2. The number of piperazine rings is 1. The van der Waals surface area contributed by atoms with Gasteiger partial charge in [-0.1, -0.05) is 123 Å². The molecule has 25 heteroatoms. The Balaban J connectivity index is 0.0000922. The normalized spacial score (nSPS) is 13.3. The molecule has 1 fully saturated rings. The molecular formula is C72H145BrN2O22. The zero-order chi connectivity index (χ0) is 68.6. The summed E-state index contributed by atoms with van der Waals surface area (Å²) in [5.41, 5.74) is 0. The molecule has 0 saturated carbocycles. The second-order valence-corrected chi connectivity index (χ2v) is 24.2. The van der Waals surface area contributed by atoms with Crippen molar-refractivity contribution in [1.29, 1.82) is 0 Å². The molecule has 0 aliphatic carbocycles. The number of ether oxygens (including phenoxy) is 21. The third-order valence-corrected chi connectivity index (χ3v) is 15.8. The summed E-state index contributed by atoms with van der Waals surface area (Å²) in [5.74, 6) is -0.165. The van der Waals surface area contributed by atoms with Crippen molar-refractivity contribution in [2.75, 3.05) is 317 Å². The van der Waals surface area contributed by atoms with Crippen molar-refractivity contribution in [3.63, 3.8) is 0 Å². The Morgan fingerprint density at radius 2 is 0.443 bits per heavy atom. The fraction of sp³-hybridized carbons (Fsp3) is 0.986. The zero-order valence-corrected chi connectivity index (χ0v) is 63.4. The van der Waals surface area contributed by atoms with Gasteiger partial charge in [0.1, 0.15) is 6.61 Å². The van der Waals surface area contributed by atoms with E-state index < -0.39 is 0 Å². The van der Waals surface area contributed by atoms with E-state index in [2.05, 4.69) is 25.8 Å². The Hall–Kier alpha value is -0.930. The Morgan fingerprint density at radius 3 is 0.670 bits per heavy atom. The van der Waals surface area contributed by atoms with Crippen molar-refractivity contribution in [3.8, 4) is 0 Å². The van der Waals surface area contributed by atoms with Crippen LogP contribution in [0.15, 0.2) is 0 Å². The van der Waals surface area contributed by atoms with Gasteiger partial charge in [-0.25, -0.2) is 0 Å². The van der Waals surface area contributed by atoms with Crippen LogP contribution < -0.4 is 17.0 Å². The summed E-state index contributed by atoms with van der Waals surface area (Å²) >= 11 is 0. The van der Waals surface area contributed by atoms with Crippen molar-refractivity contribution in [3.05, 3.63) is 0 Å². The molecular weight excluding hydrogens is 1320 g/mol. The highest BCUT2D eigenvalue weighted by molar-refractivity contribution is 5.69. The minimum atomic E-state index is -0.165. The van der Waals surface area contributed by atoms with E-state index in [-0.39, 0.29) is 29.6 Å². The number of esters is 1. The lowest BCUT2D eigenvalue weighted by Crippen LogP contribution is -3.00. The number of hydrogen-bond acceptors (Lipinski definition) is 23. The van der Waals surface area contributed by atoms with Crippen molar-refractivity contribution in [1.82, 2.24) is 4.90 Å². The van der Waals surface area contributed by atoms with Gasteiger partial charge in [0.25, 0.3) is 0 Å². The number of unbranched alkanes of at least 4 members (excludes halogenated alkanes) is 18. The van der Waals surface area contributed by atoms with Crippen LogP contribution >= 0.6 is 0 Å². The van der Waals surface area contributed by atoms with Gasteiger partial charge in [0.2, 0.25) is 0 Å². The Bertz CT molecular complexity index is 1480. The third-order valence-electron chi connectivity index (χ3n) is 15.8. The van der Waals surface area contributed by atoms with Gasteiger partial charge in [0.15, 0.2) is 0 Å². The molecule has 24 nitrogen and oxygen atoms in total. The average Bonchev–Trinajstić information content (AvgIpc) is 0.911. The molecule has 0 aromatic rings. The van der Waals surface area contributed by atoms with Gasteiger partial charge in [-0.2, -0.15) is 0 Å². The fourth-order valence-corrected chi connectivity index (χ4v) is 9.93. The lowest BCUT2D eigenvalue weighted by Gasteiger charge is -2.42. The third kappa shape index (κ3) is 79.0. The van der Waals surface area contributed by atoms with E-state index in [0.29, 0.717) is 264 Å². The second kappa shape index (κ2) is 84.0. The van der Waals surface area contributed by atoms with Gasteiger partial charge in [-0.15, -0.1) is 0 Å². The van der Waals surface area contributed by atoms with Gasteiger partial charge in [0.05, 0.1) is 291 Å². The number of likely N-dealkylation sites (N-methyl/N-ethyl adjacent to an activating group) is 1. The van der Waals surface area contributed by atoms with Crippen LogP contribution in [-0.2, 0) is 104 Å². The lowest BCUT2D eigenvalue weighted by molar-refractivity contribution is -0.913. The maximum atomic E-state index is 12.2. The minimum absolute atomic E-state index is 0. The van der Waals surface area contributed by atoms with Gasteiger partial charge < -0.3 is 121 Å². The predicted octanol–water partition coefficient (Wildman–Crippen LogP) is 5.86. The largest absolute Gasteiger partial charge is 1.00 e. The molecule has 1 saturated heterocycles. The quantitative estimate of drug-likeness (QED) is 0.0396. The Morgan fingerprint density at radius 1 is 0.258 bits per heavy atom. The average molecular weight is 1470 g/mol. The second-order valence-electron chi connectivity index (χ2n) is 24.2. The van der Waals surface area contributed by atoms with E-state index in [9.17, 15) is 4.79 Å². The molecule has 0 N–H and O–H groups in total. The highest BCUT2D eigenvalue weighted by atomic mass is 79.9. The number of carbonyl (C=O) groups is 1. The first-order valence-corrected chi connectivity index (χ1v) is 37.9. The van der Waals surface area contributed by atoms with Crippen molar-refractivity contribution < 1.29 is 126 Å². The van der Waals surface area contributed by atoms with Crippen molar-refractivity contribution in [2.24, 2.45) is 0 Å². The molecule has 0 aromatic heterocycles. The molecule has 1 aliphatic rings. The first-order chi connectivity index (χ1) is 47.6. The number of nitrogens with zero attached hydrogens (tertiary/aromatic N) is 2. The molecule has 582 valence electrons. The fourth-order valence-electron chi connectivity index (χ4n) is 9.93. The molecule has 0 radical (unpaired) electrons. The van der Waals surface area contributed by atoms with E-state index in [1.807, 2.05) is 0 Å². The van der Waals surface area contributed by atoms with Gasteiger partial charge in [-0.05, 0) is 19.3 Å². The van der Waals surface area contributed by atoms with Gasteiger partial charge in [-0.3, -0.25) is 9.69 Å². The van der Waals surface area contributed by atoms with E-state index >= 15 is 0 Å². The van der Waals surface area contributed by atoms with Crippen LogP contribution in [0.2, 0.25) is 0 Å². The lowest BCUT2D eigenvalue weighted by atomic mass is 10.0. The molecule has 0 spiro atoms. The van der Waals surface area contributed by atoms with Crippen LogP contribution in [-0.4, -0.2) is 333 Å². The summed E-state index contributed by atoms with van der Waals surface area (Å²) in [6.45, 7) is 31.4. The molecule has 1 heterocycles. The molecule has 0 bridgehead atoms. The maximum absolute atomic E-state index is 12.2. The first kappa shape index (κ1) is 96.1. The number of quaternary nitrogens is 1. The summed E-state index contributed by atoms with van der Waals surface area (Å²) in [6, 6.07) is 0. The summed E-state index contributed by atoms with van der Waals surface area (Å²) in [6.07, 6.45) is 27.8. The summed E-state index contributed by atoms with van der Waals surface area (Å²) < 4.78 is 118. The molecule has 0 aromatic carbocycles. The topological polar surface area (TPSA) is 214 Å². The number of halogens is 1. The molecule has 1 aliphatic heterocycles. The van der Waals surface area contributed by atoms with E-state index in [4.69, 9.17) is 99.5 Å². The highest BCUT2D eigenvalue weighted by Gasteiger charge is 2.28. The van der Waals surface area contributed by atoms with Crippen LogP contribution in [0.5, 0.6) is 0 Å². The minimum Gasteiger partial charge on any atom is -1.00 e. The van der Waals surface area contributed by atoms with E-state index in [0.717, 1.165) is 50.2 Å². The number of carbonyl (C=O) groups excluding carboxylic acids is 1. The predicted molar refractivity (Wildman–Crippen MR) is 373 cm³/mol. The van der Waals surface area contributed by atoms with Crippen LogP contribution in [0, 0.1) is 0 Å². The molecule has 1 rings (SSSR count). The van der Waals surface area contributed by atoms with Crippen LogP contribution in [0.1, 0.15) is 149 Å². The molecule has 0 amide bonds. The van der Waals surface area contributed by atoms with Gasteiger partial charge >= 0.3 is 5.97 Å². The van der Waals surface area contributed by atoms with Crippen molar-refractivity contribution >= 4 is 5.97 Å². The van der Waals surface area contributed by atoms with E-state index in [1.165, 1.54) is 129 Å². The maximum Gasteiger partial charge on any atom is 0.307 e. The molecule has 0 atom stereocenters. The van der Waals surface area contributed by atoms with Crippen LogP contribution in [0.4, 0.5) is 0 Å². The SMILES string of the molecule is CCCCCCCCCCCCCCCCCCOCCOCCOCCOCCOCCOCCOCCOCCOCCOCCOCCOCCOCCOCCOCCOCCOCCOCCOCCOCCOC(=O)CCN1CC[N+](C)(CCCCCC)CC1.[Br-].